The van der Waals surface area contributed by atoms with Gasteiger partial charge in [0.05, 0.1) is 11.2 Å². The molecule has 0 saturated carbocycles. The fourth-order valence-electron chi connectivity index (χ4n) is 2.89. The molecule has 1 amide bonds. The van der Waals surface area contributed by atoms with Crippen LogP contribution in [0.3, 0.4) is 0 Å². The van der Waals surface area contributed by atoms with E-state index in [0.717, 1.165) is 19.6 Å². The Bertz CT molecular complexity index is 460. The summed E-state index contributed by atoms with van der Waals surface area (Å²) in [4.78, 5) is 14.4. The van der Waals surface area contributed by atoms with Crippen LogP contribution in [-0.4, -0.2) is 46.8 Å². The van der Waals surface area contributed by atoms with Gasteiger partial charge in [0.1, 0.15) is 6.54 Å². The Labute approximate surface area is 131 Å². The highest BCUT2D eigenvalue weighted by Crippen LogP contribution is 2.16. The van der Waals surface area contributed by atoms with Crippen molar-refractivity contribution in [1.82, 2.24) is 20.0 Å². The van der Waals surface area contributed by atoms with Crippen LogP contribution >= 0.6 is 11.6 Å². The average molecular weight is 313 g/mol. The van der Waals surface area contributed by atoms with Gasteiger partial charge in [0, 0.05) is 25.8 Å². The smallest absolute Gasteiger partial charge is 0.241 e. The molecule has 1 aromatic rings. The van der Waals surface area contributed by atoms with Crippen LogP contribution in [0, 0.1) is 11.8 Å². The van der Waals surface area contributed by atoms with Crippen LogP contribution in [-0.2, 0) is 11.3 Å². The predicted molar refractivity (Wildman–Crippen MR) is 84.2 cm³/mol. The highest BCUT2D eigenvalue weighted by atomic mass is 35.5. The minimum absolute atomic E-state index is 0.00394. The summed E-state index contributed by atoms with van der Waals surface area (Å²) < 4.78 is 1.56. The van der Waals surface area contributed by atoms with Crippen LogP contribution in [0.1, 0.15) is 26.7 Å². The van der Waals surface area contributed by atoms with Crippen molar-refractivity contribution in [2.45, 2.75) is 33.2 Å². The first kappa shape index (κ1) is 16.3. The minimum Gasteiger partial charge on any atom is -0.354 e. The van der Waals surface area contributed by atoms with Gasteiger partial charge in [-0.15, -0.1) is 0 Å². The summed E-state index contributed by atoms with van der Waals surface area (Å²) in [5, 5.41) is 7.58. The van der Waals surface area contributed by atoms with Gasteiger partial charge in [-0.25, -0.2) is 0 Å². The van der Waals surface area contributed by atoms with Crippen molar-refractivity contribution in [2.24, 2.45) is 11.8 Å². The van der Waals surface area contributed by atoms with Gasteiger partial charge in [-0.05, 0) is 31.2 Å². The van der Waals surface area contributed by atoms with Gasteiger partial charge in [-0.3, -0.25) is 9.48 Å². The molecule has 0 radical (unpaired) electrons. The maximum Gasteiger partial charge on any atom is 0.241 e. The summed E-state index contributed by atoms with van der Waals surface area (Å²) in [5.41, 5.74) is 0. The van der Waals surface area contributed by atoms with Crippen LogP contribution < -0.4 is 5.32 Å². The number of nitrogens with zero attached hydrogens (tertiary/aromatic N) is 3. The summed E-state index contributed by atoms with van der Waals surface area (Å²) in [6.07, 6.45) is 5.62. The Morgan fingerprint density at radius 3 is 3.05 bits per heavy atom. The third-order valence-electron chi connectivity index (χ3n) is 3.72. The van der Waals surface area contributed by atoms with Crippen molar-refractivity contribution < 1.29 is 4.79 Å². The zero-order valence-corrected chi connectivity index (χ0v) is 13.6. The molecule has 1 unspecified atom stereocenters. The number of amides is 1. The molecule has 21 heavy (non-hydrogen) atoms. The van der Waals surface area contributed by atoms with Crippen LogP contribution in [0.15, 0.2) is 12.4 Å². The number of aromatic nitrogens is 2. The van der Waals surface area contributed by atoms with E-state index in [0.29, 0.717) is 16.9 Å². The van der Waals surface area contributed by atoms with Crippen molar-refractivity contribution in [3.8, 4) is 0 Å². The van der Waals surface area contributed by atoms with E-state index in [-0.39, 0.29) is 12.5 Å². The number of nitrogens with one attached hydrogen (secondary N) is 1. The molecule has 1 aromatic heterocycles. The van der Waals surface area contributed by atoms with Crippen molar-refractivity contribution in [3.05, 3.63) is 17.4 Å². The molecule has 1 aliphatic rings. The Balaban J connectivity index is 1.70. The Hall–Kier alpha value is -1.07. The third kappa shape index (κ3) is 5.67. The first-order valence-electron chi connectivity index (χ1n) is 7.70. The van der Waals surface area contributed by atoms with Gasteiger partial charge >= 0.3 is 0 Å². The predicted octanol–water partition coefficient (Wildman–Crippen LogP) is 2.02. The quantitative estimate of drug-likeness (QED) is 0.874. The topological polar surface area (TPSA) is 50.2 Å². The molecule has 0 spiro atoms. The first-order valence-corrected chi connectivity index (χ1v) is 8.07. The van der Waals surface area contributed by atoms with Gasteiger partial charge < -0.3 is 10.2 Å². The monoisotopic (exact) mass is 312 g/mol. The summed E-state index contributed by atoms with van der Waals surface area (Å²) in [5.74, 6) is 1.25. The summed E-state index contributed by atoms with van der Waals surface area (Å²) in [6.45, 7) is 8.91. The van der Waals surface area contributed by atoms with E-state index in [1.54, 1.807) is 17.1 Å². The average Bonchev–Trinajstić information content (AvgIpc) is 2.81. The van der Waals surface area contributed by atoms with E-state index in [1.807, 2.05) is 0 Å². The molecular formula is C15H25ClN4O. The molecule has 2 rings (SSSR count). The Morgan fingerprint density at radius 1 is 1.57 bits per heavy atom. The fourth-order valence-corrected chi connectivity index (χ4v) is 3.04. The number of likely N-dealkylation sites (tertiary alicyclic amines) is 1. The molecule has 0 aliphatic carbocycles. The molecule has 0 bridgehead atoms. The van der Waals surface area contributed by atoms with Crippen LogP contribution in [0.5, 0.6) is 0 Å². The summed E-state index contributed by atoms with van der Waals surface area (Å²) in [6, 6.07) is 0. The molecule has 6 heteroatoms. The molecule has 1 saturated heterocycles. The van der Waals surface area contributed by atoms with E-state index in [1.165, 1.54) is 19.4 Å². The molecule has 2 heterocycles. The lowest BCUT2D eigenvalue weighted by Gasteiger charge is -2.33. The van der Waals surface area contributed by atoms with E-state index in [9.17, 15) is 4.79 Å². The van der Waals surface area contributed by atoms with Gasteiger partial charge in [0.25, 0.3) is 0 Å². The summed E-state index contributed by atoms with van der Waals surface area (Å²) >= 11 is 5.78. The Morgan fingerprint density at radius 2 is 2.38 bits per heavy atom. The van der Waals surface area contributed by atoms with Crippen molar-refractivity contribution in [3.63, 3.8) is 0 Å². The van der Waals surface area contributed by atoms with Crippen LogP contribution in [0.4, 0.5) is 0 Å². The van der Waals surface area contributed by atoms with Gasteiger partial charge in [-0.1, -0.05) is 25.4 Å². The highest BCUT2D eigenvalue weighted by molar-refractivity contribution is 6.30. The fraction of sp³-hybridized carbons (Fsp3) is 0.733. The second kappa shape index (κ2) is 7.80. The zero-order chi connectivity index (χ0) is 15.2. The minimum atomic E-state index is -0.00394. The molecule has 118 valence electrons. The van der Waals surface area contributed by atoms with Gasteiger partial charge in [0.15, 0.2) is 0 Å². The molecule has 5 nitrogen and oxygen atoms in total. The molecule has 0 aromatic carbocycles. The number of carbonyl (C=O) groups is 1. The lowest BCUT2D eigenvalue weighted by Crippen LogP contribution is -2.42. The van der Waals surface area contributed by atoms with E-state index in [2.05, 4.69) is 29.2 Å². The first-order chi connectivity index (χ1) is 10.0. The van der Waals surface area contributed by atoms with E-state index in [4.69, 9.17) is 11.6 Å². The highest BCUT2D eigenvalue weighted by Gasteiger charge is 2.20. The van der Waals surface area contributed by atoms with Crippen molar-refractivity contribution in [1.29, 1.82) is 0 Å². The number of piperidine rings is 1. The molecule has 1 N–H and O–H groups in total. The SMILES string of the molecule is CC(C)CN1CCCC(CNC(=O)Cn2cc(Cl)cn2)C1. The number of rotatable bonds is 6. The van der Waals surface area contributed by atoms with Crippen LogP contribution in [0.2, 0.25) is 5.02 Å². The van der Waals surface area contributed by atoms with Gasteiger partial charge in [0.2, 0.25) is 5.91 Å². The lowest BCUT2D eigenvalue weighted by molar-refractivity contribution is -0.122. The van der Waals surface area contributed by atoms with Crippen molar-refractivity contribution >= 4 is 17.5 Å². The number of hydrogen-bond donors (Lipinski definition) is 1. The molecule has 1 fully saturated rings. The standard InChI is InChI=1S/C15H25ClN4O/c1-12(2)8-19-5-3-4-13(9-19)6-17-15(21)11-20-10-14(16)7-18-20/h7,10,12-13H,3-6,8-9,11H2,1-2H3,(H,17,21). The molecular weight excluding hydrogens is 288 g/mol. The number of hydrogen-bond acceptors (Lipinski definition) is 3. The molecule has 1 atom stereocenters. The van der Waals surface area contributed by atoms with Crippen molar-refractivity contribution in [2.75, 3.05) is 26.2 Å². The van der Waals surface area contributed by atoms with Crippen LogP contribution in [0.25, 0.3) is 0 Å². The van der Waals surface area contributed by atoms with Gasteiger partial charge in [-0.2, -0.15) is 5.10 Å². The summed E-state index contributed by atoms with van der Waals surface area (Å²) in [7, 11) is 0. The third-order valence-corrected chi connectivity index (χ3v) is 3.92. The lowest BCUT2D eigenvalue weighted by atomic mass is 9.97. The maximum absolute atomic E-state index is 11.9. The largest absolute Gasteiger partial charge is 0.354 e. The normalized spacial score (nSPS) is 19.9. The second-order valence-corrected chi connectivity index (χ2v) is 6.76. The second-order valence-electron chi connectivity index (χ2n) is 6.32. The van der Waals surface area contributed by atoms with E-state index < -0.39 is 0 Å². The zero-order valence-electron chi connectivity index (χ0n) is 12.9. The number of carbonyl (C=O) groups excluding carboxylic acids is 1. The maximum atomic E-state index is 11.9. The van der Waals surface area contributed by atoms with E-state index >= 15 is 0 Å². The Kier molecular flexibility index (Phi) is 6.06. The molecule has 1 aliphatic heterocycles. The number of halogens is 1.